The summed E-state index contributed by atoms with van der Waals surface area (Å²) in [7, 11) is 0. The van der Waals surface area contributed by atoms with E-state index in [4.69, 9.17) is 19.1 Å². The fourth-order valence-corrected chi connectivity index (χ4v) is 4.03. The van der Waals surface area contributed by atoms with Gasteiger partial charge in [0.05, 0.1) is 24.6 Å². The number of carbonyl (C=O) groups is 2. The van der Waals surface area contributed by atoms with Crippen LogP contribution >= 0.6 is 0 Å². The van der Waals surface area contributed by atoms with Crippen molar-refractivity contribution >= 4 is 11.9 Å². The number of furan rings is 1. The van der Waals surface area contributed by atoms with Gasteiger partial charge in [0.2, 0.25) is 0 Å². The van der Waals surface area contributed by atoms with Crippen molar-refractivity contribution < 1.29 is 37.0 Å². The molecule has 162 valence electrons. The Morgan fingerprint density at radius 2 is 2.13 bits per heavy atom. The lowest BCUT2D eigenvalue weighted by Gasteiger charge is -2.28. The van der Waals surface area contributed by atoms with Crippen LogP contribution in [0.3, 0.4) is 0 Å². The molecule has 1 saturated heterocycles. The molecule has 2 aromatic heterocycles. The number of ether oxygens (including phenoxy) is 1. The maximum Gasteiger partial charge on any atom is 0.490 e. The van der Waals surface area contributed by atoms with E-state index in [1.165, 1.54) is 19.1 Å². The SMILES string of the molecule is O=C(O)C(F)(F)F.O=C(c1ccoc1)N1C[C@H]2CCC[C@@]2(COc2cccnc2)C1. The number of rotatable bonds is 4. The molecule has 0 aromatic carbocycles. The van der Waals surface area contributed by atoms with Gasteiger partial charge in [-0.2, -0.15) is 13.2 Å². The van der Waals surface area contributed by atoms with Crippen molar-refractivity contribution in [3.63, 3.8) is 0 Å². The molecule has 1 aliphatic heterocycles. The first-order valence-corrected chi connectivity index (χ1v) is 9.36. The third-order valence-electron chi connectivity index (χ3n) is 5.50. The number of carboxylic acid groups (broad SMARTS) is 1. The summed E-state index contributed by atoms with van der Waals surface area (Å²) < 4.78 is 42.8. The number of hydrogen-bond acceptors (Lipinski definition) is 5. The highest BCUT2D eigenvalue weighted by Gasteiger charge is 2.51. The van der Waals surface area contributed by atoms with Crippen molar-refractivity contribution in [2.24, 2.45) is 11.3 Å². The summed E-state index contributed by atoms with van der Waals surface area (Å²) in [6.45, 7) is 2.24. The Labute approximate surface area is 170 Å². The lowest BCUT2D eigenvalue weighted by atomic mass is 9.81. The summed E-state index contributed by atoms with van der Waals surface area (Å²) in [5.41, 5.74) is 0.711. The zero-order valence-electron chi connectivity index (χ0n) is 16.0. The minimum Gasteiger partial charge on any atom is -0.491 e. The van der Waals surface area contributed by atoms with Crippen LogP contribution in [0.1, 0.15) is 29.6 Å². The van der Waals surface area contributed by atoms with Crippen LogP contribution in [-0.2, 0) is 4.79 Å². The number of carbonyl (C=O) groups excluding carboxylic acids is 1. The van der Waals surface area contributed by atoms with Gasteiger partial charge < -0.3 is 19.2 Å². The number of pyridine rings is 1. The van der Waals surface area contributed by atoms with E-state index in [-0.39, 0.29) is 11.3 Å². The quantitative estimate of drug-likeness (QED) is 0.803. The van der Waals surface area contributed by atoms with Gasteiger partial charge in [-0.3, -0.25) is 9.78 Å². The molecule has 0 radical (unpaired) electrons. The molecule has 1 amide bonds. The van der Waals surface area contributed by atoms with Crippen LogP contribution in [0.2, 0.25) is 0 Å². The molecule has 4 rings (SSSR count). The van der Waals surface area contributed by atoms with Crippen molar-refractivity contribution in [1.29, 1.82) is 0 Å². The van der Waals surface area contributed by atoms with Gasteiger partial charge in [-0.05, 0) is 37.0 Å². The summed E-state index contributed by atoms with van der Waals surface area (Å²) in [4.78, 5) is 27.5. The van der Waals surface area contributed by atoms with Gasteiger partial charge in [0.25, 0.3) is 5.91 Å². The lowest BCUT2D eigenvalue weighted by Crippen LogP contribution is -2.35. The fourth-order valence-electron chi connectivity index (χ4n) is 4.03. The van der Waals surface area contributed by atoms with Crippen LogP contribution in [0.25, 0.3) is 0 Å². The number of halogens is 3. The van der Waals surface area contributed by atoms with E-state index in [1.807, 2.05) is 17.0 Å². The Balaban J connectivity index is 0.000000318. The second-order valence-electron chi connectivity index (χ2n) is 7.43. The van der Waals surface area contributed by atoms with Crippen molar-refractivity contribution in [1.82, 2.24) is 9.88 Å². The smallest absolute Gasteiger partial charge is 0.490 e. The molecule has 1 N–H and O–H groups in total. The third kappa shape index (κ3) is 4.92. The number of fused-ring (bicyclic) bond motifs is 1. The normalized spacial score (nSPS) is 22.8. The van der Waals surface area contributed by atoms with Crippen LogP contribution in [0, 0.1) is 11.3 Å². The lowest BCUT2D eigenvalue weighted by molar-refractivity contribution is -0.192. The number of amides is 1. The van der Waals surface area contributed by atoms with Crippen LogP contribution < -0.4 is 4.74 Å². The van der Waals surface area contributed by atoms with E-state index >= 15 is 0 Å². The summed E-state index contributed by atoms with van der Waals surface area (Å²) in [5.74, 6) is -1.37. The molecule has 7 nitrogen and oxygen atoms in total. The van der Waals surface area contributed by atoms with Crippen LogP contribution in [0.5, 0.6) is 5.75 Å². The fraction of sp³-hybridized carbons (Fsp3) is 0.450. The first-order chi connectivity index (χ1) is 14.2. The molecule has 1 aliphatic carbocycles. The molecule has 2 fully saturated rings. The first kappa shape index (κ1) is 21.7. The van der Waals surface area contributed by atoms with Gasteiger partial charge in [0.1, 0.15) is 12.0 Å². The maximum absolute atomic E-state index is 12.6. The second kappa shape index (κ2) is 8.76. The molecule has 3 heterocycles. The van der Waals surface area contributed by atoms with Crippen LogP contribution in [0.15, 0.2) is 47.5 Å². The zero-order chi connectivity index (χ0) is 21.8. The van der Waals surface area contributed by atoms with Crippen molar-refractivity contribution in [2.75, 3.05) is 19.7 Å². The molecule has 0 bridgehead atoms. The van der Waals surface area contributed by atoms with Gasteiger partial charge in [-0.1, -0.05) is 6.42 Å². The van der Waals surface area contributed by atoms with Crippen molar-refractivity contribution in [3.8, 4) is 5.75 Å². The topological polar surface area (TPSA) is 92.9 Å². The molecule has 2 aromatic rings. The first-order valence-electron chi connectivity index (χ1n) is 9.36. The van der Waals surface area contributed by atoms with E-state index < -0.39 is 12.1 Å². The van der Waals surface area contributed by atoms with E-state index in [0.717, 1.165) is 25.3 Å². The molecular weight excluding hydrogens is 405 g/mol. The predicted octanol–water partition coefficient (Wildman–Crippen LogP) is 3.63. The number of hydrogen-bond donors (Lipinski definition) is 1. The highest BCUT2D eigenvalue weighted by atomic mass is 19.4. The Bertz CT molecular complexity index is 857. The summed E-state index contributed by atoms with van der Waals surface area (Å²) in [6.07, 6.45) is 4.97. The minimum absolute atomic E-state index is 0.0638. The van der Waals surface area contributed by atoms with Crippen molar-refractivity contribution in [2.45, 2.75) is 25.4 Å². The molecular formula is C20H21F3N2O5. The Kier molecular flexibility index (Phi) is 6.33. The molecule has 30 heavy (non-hydrogen) atoms. The molecule has 0 unspecified atom stereocenters. The molecule has 10 heteroatoms. The summed E-state index contributed by atoms with van der Waals surface area (Å²) in [5, 5.41) is 7.12. The number of aliphatic carboxylic acids is 1. The molecule has 2 aliphatic rings. The Hall–Kier alpha value is -3.04. The number of carboxylic acids is 1. The molecule has 0 spiro atoms. The number of alkyl halides is 3. The molecule has 2 atom stereocenters. The van der Waals surface area contributed by atoms with E-state index in [9.17, 15) is 18.0 Å². The maximum atomic E-state index is 12.6. The van der Waals surface area contributed by atoms with Gasteiger partial charge in [-0.15, -0.1) is 0 Å². The second-order valence-corrected chi connectivity index (χ2v) is 7.43. The van der Waals surface area contributed by atoms with Crippen LogP contribution in [0.4, 0.5) is 13.2 Å². The highest BCUT2D eigenvalue weighted by Crippen LogP contribution is 2.49. The van der Waals surface area contributed by atoms with Crippen LogP contribution in [-0.4, -0.2) is 52.7 Å². The number of aromatic nitrogens is 1. The average molecular weight is 426 g/mol. The van der Waals surface area contributed by atoms with Gasteiger partial charge in [-0.25, -0.2) is 4.79 Å². The van der Waals surface area contributed by atoms with Gasteiger partial charge in [0, 0.05) is 24.7 Å². The van der Waals surface area contributed by atoms with Crippen molar-refractivity contribution in [3.05, 3.63) is 48.7 Å². The minimum atomic E-state index is -5.08. The van der Waals surface area contributed by atoms with E-state index in [1.54, 1.807) is 24.7 Å². The predicted molar refractivity (Wildman–Crippen MR) is 97.8 cm³/mol. The largest absolute Gasteiger partial charge is 0.491 e. The van der Waals surface area contributed by atoms with Gasteiger partial charge in [0.15, 0.2) is 0 Å². The number of nitrogens with zero attached hydrogens (tertiary/aromatic N) is 2. The Morgan fingerprint density at radius 1 is 1.37 bits per heavy atom. The third-order valence-corrected chi connectivity index (χ3v) is 5.50. The zero-order valence-corrected chi connectivity index (χ0v) is 16.0. The average Bonchev–Trinajstić information content (AvgIpc) is 3.42. The standard InChI is InChI=1S/C18H20N2O3.C2HF3O2/c21-17(14-5-8-22-11-14)20-10-15-3-1-6-18(15,12-20)13-23-16-4-2-7-19-9-16;3-2(4,5)1(6)7/h2,4-5,7-9,11,15H,1,3,6,10,12-13H2;(H,6,7)/t15-,18+;/m1./s1. The van der Waals surface area contributed by atoms with E-state index in [0.29, 0.717) is 18.1 Å². The monoisotopic (exact) mass is 426 g/mol. The Morgan fingerprint density at radius 3 is 2.73 bits per heavy atom. The molecule has 1 saturated carbocycles. The number of likely N-dealkylation sites (tertiary alicyclic amines) is 1. The van der Waals surface area contributed by atoms with E-state index in [2.05, 4.69) is 4.98 Å². The highest BCUT2D eigenvalue weighted by molar-refractivity contribution is 5.94. The summed E-state index contributed by atoms with van der Waals surface area (Å²) in [6, 6.07) is 5.54. The van der Waals surface area contributed by atoms with Gasteiger partial charge >= 0.3 is 12.1 Å². The summed E-state index contributed by atoms with van der Waals surface area (Å²) >= 11 is 0.